The molecule has 0 bridgehead atoms. The van der Waals surface area contributed by atoms with Gasteiger partial charge in [0.05, 0.1) is 0 Å². The Labute approximate surface area is 105 Å². The van der Waals surface area contributed by atoms with E-state index in [1.54, 1.807) is 36.7 Å². The summed E-state index contributed by atoms with van der Waals surface area (Å²) in [6, 6.07) is 7.00. The van der Waals surface area contributed by atoms with Crippen molar-refractivity contribution in [3.05, 3.63) is 53.1 Å². The van der Waals surface area contributed by atoms with Crippen molar-refractivity contribution in [1.82, 2.24) is 9.97 Å². The molecule has 0 radical (unpaired) electrons. The van der Waals surface area contributed by atoms with Crippen LogP contribution in [0.2, 0.25) is 5.02 Å². The third kappa shape index (κ3) is 3.43. The predicted molar refractivity (Wildman–Crippen MR) is 67.3 cm³/mol. The molecule has 0 aliphatic carbocycles. The summed E-state index contributed by atoms with van der Waals surface area (Å²) in [6.45, 7) is 0. The van der Waals surface area contributed by atoms with Gasteiger partial charge >= 0.3 is 0 Å². The van der Waals surface area contributed by atoms with Crippen LogP contribution in [0.3, 0.4) is 0 Å². The first-order valence-electron chi connectivity index (χ1n) is 5.53. The molecule has 0 spiro atoms. The third-order valence-corrected chi connectivity index (χ3v) is 2.79. The largest absolute Gasteiger partial charge is 0.349 e. The van der Waals surface area contributed by atoms with Gasteiger partial charge in [-0.25, -0.2) is 4.98 Å². The van der Waals surface area contributed by atoms with E-state index < -0.39 is 0 Å². The molecule has 0 saturated carbocycles. The fourth-order valence-corrected chi connectivity index (χ4v) is 1.76. The first-order valence-corrected chi connectivity index (χ1v) is 5.90. The number of hydrogen-bond donors (Lipinski definition) is 1. The number of nitrogens with one attached hydrogen (secondary N) is 1. The van der Waals surface area contributed by atoms with E-state index in [4.69, 9.17) is 11.6 Å². The molecule has 1 aromatic heterocycles. The molecule has 0 unspecified atom stereocenters. The number of aromatic nitrogens is 2. The highest BCUT2D eigenvalue weighted by Crippen LogP contribution is 2.12. The maximum absolute atomic E-state index is 11.8. The second-order valence-electron chi connectivity index (χ2n) is 3.82. The van der Waals surface area contributed by atoms with Gasteiger partial charge in [-0.05, 0) is 30.7 Å². The number of carbonyl (C=O) groups is 1. The molecule has 17 heavy (non-hydrogen) atoms. The average molecular weight is 249 g/mol. The number of hydrogen-bond acceptors (Lipinski definition) is 2. The van der Waals surface area contributed by atoms with Gasteiger partial charge in [-0.15, -0.1) is 0 Å². The number of rotatable bonds is 5. The van der Waals surface area contributed by atoms with Gasteiger partial charge in [-0.2, -0.15) is 0 Å². The quantitative estimate of drug-likeness (QED) is 0.826. The van der Waals surface area contributed by atoms with Crippen LogP contribution in [0.25, 0.3) is 0 Å². The molecule has 4 heteroatoms. The number of aromatic amines is 1. The molecule has 88 valence electrons. The van der Waals surface area contributed by atoms with E-state index in [1.807, 2.05) is 0 Å². The average Bonchev–Trinajstić information content (AvgIpc) is 2.83. The summed E-state index contributed by atoms with van der Waals surface area (Å²) in [5.74, 6) is 1.07. The maximum atomic E-state index is 11.8. The molecule has 2 rings (SSSR count). The van der Waals surface area contributed by atoms with Crippen molar-refractivity contribution < 1.29 is 4.79 Å². The molecule has 1 heterocycles. The van der Waals surface area contributed by atoms with Crippen molar-refractivity contribution >= 4 is 17.4 Å². The second-order valence-corrected chi connectivity index (χ2v) is 4.26. The topological polar surface area (TPSA) is 45.8 Å². The Hall–Kier alpha value is -1.61. The smallest absolute Gasteiger partial charge is 0.162 e. The van der Waals surface area contributed by atoms with Gasteiger partial charge < -0.3 is 4.98 Å². The molecular formula is C13H13ClN2O. The minimum atomic E-state index is 0.147. The van der Waals surface area contributed by atoms with E-state index in [-0.39, 0.29) is 5.78 Å². The number of imidazole rings is 1. The molecule has 0 aliphatic heterocycles. The summed E-state index contributed by atoms with van der Waals surface area (Å²) in [7, 11) is 0. The lowest BCUT2D eigenvalue weighted by atomic mass is 10.1. The third-order valence-electron chi connectivity index (χ3n) is 2.54. The Morgan fingerprint density at radius 3 is 2.71 bits per heavy atom. The minimum absolute atomic E-state index is 0.147. The molecule has 2 aromatic rings. The van der Waals surface area contributed by atoms with Crippen LogP contribution in [-0.4, -0.2) is 15.8 Å². The maximum Gasteiger partial charge on any atom is 0.162 e. The lowest BCUT2D eigenvalue weighted by molar-refractivity contribution is 0.0980. The van der Waals surface area contributed by atoms with Crippen LogP contribution in [0, 0.1) is 0 Å². The predicted octanol–water partition coefficient (Wildman–Crippen LogP) is 3.27. The molecule has 1 aromatic carbocycles. The Kier molecular flexibility index (Phi) is 3.94. The number of benzene rings is 1. The summed E-state index contributed by atoms with van der Waals surface area (Å²) in [6.07, 6.45) is 5.64. The molecule has 0 amide bonds. The monoisotopic (exact) mass is 248 g/mol. The first-order chi connectivity index (χ1) is 8.25. The van der Waals surface area contributed by atoms with Gasteiger partial charge in [0.1, 0.15) is 5.82 Å². The Morgan fingerprint density at radius 1 is 1.29 bits per heavy atom. The SMILES string of the molecule is O=C(CCCc1ncc[nH]1)c1ccc(Cl)cc1. The first kappa shape index (κ1) is 11.9. The minimum Gasteiger partial charge on any atom is -0.349 e. The molecule has 0 atom stereocenters. The molecule has 0 fully saturated rings. The van der Waals surface area contributed by atoms with Crippen molar-refractivity contribution in [3.8, 4) is 0 Å². The lowest BCUT2D eigenvalue weighted by Gasteiger charge is -2.00. The summed E-state index contributed by atoms with van der Waals surface area (Å²) in [5.41, 5.74) is 0.717. The molecule has 0 saturated heterocycles. The number of aryl methyl sites for hydroxylation is 1. The van der Waals surface area contributed by atoms with Crippen LogP contribution < -0.4 is 0 Å². The fraction of sp³-hybridized carbons (Fsp3) is 0.231. The van der Waals surface area contributed by atoms with E-state index in [2.05, 4.69) is 9.97 Å². The highest BCUT2D eigenvalue weighted by Gasteiger charge is 2.05. The Balaban J connectivity index is 1.83. The number of H-pyrrole nitrogens is 1. The van der Waals surface area contributed by atoms with Crippen molar-refractivity contribution in [2.45, 2.75) is 19.3 Å². The second kappa shape index (κ2) is 5.64. The van der Waals surface area contributed by atoms with Crippen molar-refractivity contribution in [2.24, 2.45) is 0 Å². The number of halogens is 1. The van der Waals surface area contributed by atoms with Crippen LogP contribution in [0.5, 0.6) is 0 Å². The highest BCUT2D eigenvalue weighted by atomic mass is 35.5. The zero-order valence-electron chi connectivity index (χ0n) is 9.32. The van der Waals surface area contributed by atoms with Crippen LogP contribution >= 0.6 is 11.6 Å². The van der Waals surface area contributed by atoms with Crippen LogP contribution in [0.4, 0.5) is 0 Å². The van der Waals surface area contributed by atoms with Gasteiger partial charge in [0, 0.05) is 35.8 Å². The molecule has 0 aliphatic rings. The normalized spacial score (nSPS) is 10.4. The van der Waals surface area contributed by atoms with E-state index in [0.717, 1.165) is 18.7 Å². The number of Topliss-reactive ketones (excluding diaryl/α,β-unsaturated/α-hetero) is 1. The zero-order valence-corrected chi connectivity index (χ0v) is 10.1. The lowest BCUT2D eigenvalue weighted by Crippen LogP contribution is -2.00. The van der Waals surface area contributed by atoms with E-state index in [9.17, 15) is 4.79 Å². The number of nitrogens with zero attached hydrogens (tertiary/aromatic N) is 1. The fourth-order valence-electron chi connectivity index (χ4n) is 1.63. The Morgan fingerprint density at radius 2 is 2.06 bits per heavy atom. The van der Waals surface area contributed by atoms with Crippen molar-refractivity contribution in [2.75, 3.05) is 0 Å². The van der Waals surface area contributed by atoms with Crippen LogP contribution in [-0.2, 0) is 6.42 Å². The van der Waals surface area contributed by atoms with Crippen LogP contribution in [0.15, 0.2) is 36.7 Å². The van der Waals surface area contributed by atoms with Gasteiger partial charge in [0.2, 0.25) is 0 Å². The number of ketones is 1. The molecular weight excluding hydrogens is 236 g/mol. The number of carbonyl (C=O) groups excluding carboxylic acids is 1. The van der Waals surface area contributed by atoms with E-state index in [1.165, 1.54) is 0 Å². The van der Waals surface area contributed by atoms with Crippen molar-refractivity contribution in [3.63, 3.8) is 0 Å². The zero-order chi connectivity index (χ0) is 12.1. The molecule has 1 N–H and O–H groups in total. The molecule has 3 nitrogen and oxygen atoms in total. The highest BCUT2D eigenvalue weighted by molar-refractivity contribution is 6.30. The van der Waals surface area contributed by atoms with Crippen molar-refractivity contribution in [1.29, 1.82) is 0 Å². The Bertz CT molecular complexity index is 477. The van der Waals surface area contributed by atoms with Gasteiger partial charge in [-0.3, -0.25) is 4.79 Å². The summed E-state index contributed by atoms with van der Waals surface area (Å²) < 4.78 is 0. The standard InChI is InChI=1S/C13H13ClN2O/c14-11-6-4-10(5-7-11)12(17)2-1-3-13-15-8-9-16-13/h4-9H,1-3H2,(H,15,16). The van der Waals surface area contributed by atoms with Gasteiger partial charge in [0.15, 0.2) is 5.78 Å². The van der Waals surface area contributed by atoms with E-state index in [0.29, 0.717) is 17.0 Å². The van der Waals surface area contributed by atoms with E-state index >= 15 is 0 Å². The summed E-state index contributed by atoms with van der Waals surface area (Å²) in [4.78, 5) is 18.9. The van der Waals surface area contributed by atoms with Crippen LogP contribution in [0.1, 0.15) is 29.0 Å². The summed E-state index contributed by atoms with van der Waals surface area (Å²) >= 11 is 5.76. The summed E-state index contributed by atoms with van der Waals surface area (Å²) in [5, 5.41) is 0.650. The van der Waals surface area contributed by atoms with Gasteiger partial charge in [-0.1, -0.05) is 11.6 Å². The van der Waals surface area contributed by atoms with Gasteiger partial charge in [0.25, 0.3) is 0 Å².